The number of H-pyrrole nitrogens is 1. The molecule has 7 heteroatoms. The van der Waals surface area contributed by atoms with Gasteiger partial charge in [0.25, 0.3) is 0 Å². The average molecular weight is 326 g/mol. The van der Waals surface area contributed by atoms with Crippen molar-refractivity contribution in [3.63, 3.8) is 0 Å². The summed E-state index contributed by atoms with van der Waals surface area (Å²) in [5.41, 5.74) is 2.10. The van der Waals surface area contributed by atoms with Gasteiger partial charge in [-0.3, -0.25) is 4.90 Å². The van der Waals surface area contributed by atoms with E-state index in [1.54, 1.807) is 0 Å². The number of nitrogens with one attached hydrogen (secondary N) is 1. The zero-order chi connectivity index (χ0) is 16.5. The van der Waals surface area contributed by atoms with Gasteiger partial charge in [-0.15, -0.1) is 0 Å². The van der Waals surface area contributed by atoms with E-state index in [1.165, 1.54) is 0 Å². The fourth-order valence-corrected chi connectivity index (χ4v) is 3.15. The molecule has 0 spiro atoms. The number of aromatic amines is 1. The Morgan fingerprint density at radius 2 is 1.96 bits per heavy atom. The Hall–Kier alpha value is -2.41. The first-order valence-corrected chi connectivity index (χ1v) is 8.51. The number of para-hydroxylation sites is 2. The monoisotopic (exact) mass is 326 g/mol. The molecule has 126 valence electrons. The lowest BCUT2D eigenvalue weighted by Gasteiger charge is -2.36. The maximum Gasteiger partial charge on any atom is 0.243 e. The van der Waals surface area contributed by atoms with E-state index < -0.39 is 0 Å². The van der Waals surface area contributed by atoms with Crippen LogP contribution < -0.4 is 4.90 Å². The molecule has 0 radical (unpaired) electrons. The molecule has 4 rings (SSSR count). The Bertz CT molecular complexity index is 784. The molecule has 1 aromatic carbocycles. The first-order chi connectivity index (χ1) is 11.7. The van der Waals surface area contributed by atoms with E-state index in [-0.39, 0.29) is 6.04 Å². The fourth-order valence-electron chi connectivity index (χ4n) is 3.15. The summed E-state index contributed by atoms with van der Waals surface area (Å²) in [6.07, 6.45) is 0.802. The van der Waals surface area contributed by atoms with Gasteiger partial charge in [0.15, 0.2) is 5.82 Å². The predicted molar refractivity (Wildman–Crippen MR) is 92.0 cm³/mol. The summed E-state index contributed by atoms with van der Waals surface area (Å²) in [6.45, 7) is 7.91. The molecular formula is C17H22N6O. The Morgan fingerprint density at radius 1 is 1.17 bits per heavy atom. The molecular weight excluding hydrogens is 304 g/mol. The zero-order valence-corrected chi connectivity index (χ0v) is 14.1. The number of rotatable bonds is 4. The normalized spacial score (nSPS) is 17.5. The third-order valence-electron chi connectivity index (χ3n) is 4.70. The molecule has 3 aromatic rings. The van der Waals surface area contributed by atoms with Gasteiger partial charge in [0.1, 0.15) is 0 Å². The summed E-state index contributed by atoms with van der Waals surface area (Å²) in [5.74, 6) is 2.44. The molecule has 0 saturated carbocycles. The minimum Gasteiger partial charge on any atom is -0.340 e. The Labute approximate surface area is 140 Å². The van der Waals surface area contributed by atoms with Gasteiger partial charge in [-0.05, 0) is 19.1 Å². The summed E-state index contributed by atoms with van der Waals surface area (Å²) >= 11 is 0. The fraction of sp³-hybridized carbons (Fsp3) is 0.471. The quantitative estimate of drug-likeness (QED) is 0.793. The standard InChI is InChI=1S/C17H22N6O/c1-3-15-20-16(24-21-15)12(2)22-8-10-23(11-9-22)17-18-13-6-4-5-7-14(13)19-17/h4-7,12H,3,8-11H2,1-2H3,(H,18,19). The number of aryl methyl sites for hydroxylation is 1. The molecule has 0 aliphatic carbocycles. The van der Waals surface area contributed by atoms with Crippen LogP contribution in [0.3, 0.4) is 0 Å². The van der Waals surface area contributed by atoms with Gasteiger partial charge < -0.3 is 14.4 Å². The van der Waals surface area contributed by atoms with Crippen LogP contribution in [0.1, 0.15) is 31.6 Å². The minimum atomic E-state index is 0.149. The van der Waals surface area contributed by atoms with E-state index in [9.17, 15) is 0 Å². The van der Waals surface area contributed by atoms with E-state index >= 15 is 0 Å². The van der Waals surface area contributed by atoms with Crippen LogP contribution in [-0.4, -0.2) is 51.2 Å². The Balaban J connectivity index is 1.42. The number of imidazole rings is 1. The molecule has 2 aromatic heterocycles. The molecule has 1 aliphatic heterocycles. The molecule has 1 fully saturated rings. The molecule has 1 aliphatic rings. The van der Waals surface area contributed by atoms with Crippen LogP contribution in [0.15, 0.2) is 28.8 Å². The van der Waals surface area contributed by atoms with Crippen molar-refractivity contribution >= 4 is 17.0 Å². The van der Waals surface area contributed by atoms with Gasteiger partial charge in [0.2, 0.25) is 11.8 Å². The highest BCUT2D eigenvalue weighted by Crippen LogP contribution is 2.23. The highest BCUT2D eigenvalue weighted by molar-refractivity contribution is 5.77. The van der Waals surface area contributed by atoms with Crippen molar-refractivity contribution in [3.8, 4) is 0 Å². The number of aromatic nitrogens is 4. The second-order valence-electron chi connectivity index (χ2n) is 6.18. The van der Waals surface area contributed by atoms with Crippen LogP contribution in [-0.2, 0) is 6.42 Å². The molecule has 3 heterocycles. The van der Waals surface area contributed by atoms with Crippen LogP contribution in [0.25, 0.3) is 11.0 Å². The number of anilines is 1. The lowest BCUT2D eigenvalue weighted by molar-refractivity contribution is 0.163. The average Bonchev–Trinajstić information content (AvgIpc) is 3.28. The minimum absolute atomic E-state index is 0.149. The third kappa shape index (κ3) is 2.75. The highest BCUT2D eigenvalue weighted by atomic mass is 16.5. The van der Waals surface area contributed by atoms with Gasteiger partial charge in [-0.1, -0.05) is 24.2 Å². The maximum atomic E-state index is 5.39. The predicted octanol–water partition coefficient (Wildman–Crippen LogP) is 2.39. The van der Waals surface area contributed by atoms with Crippen molar-refractivity contribution in [2.45, 2.75) is 26.3 Å². The van der Waals surface area contributed by atoms with Gasteiger partial charge in [-0.2, -0.15) is 4.98 Å². The SMILES string of the molecule is CCc1noc(C(C)N2CCN(c3nc4ccccc4[nH]3)CC2)n1. The Morgan fingerprint density at radius 3 is 2.67 bits per heavy atom. The van der Waals surface area contributed by atoms with Crippen molar-refractivity contribution < 1.29 is 4.52 Å². The Kier molecular flexibility index (Phi) is 3.93. The second-order valence-corrected chi connectivity index (χ2v) is 6.18. The zero-order valence-electron chi connectivity index (χ0n) is 14.1. The van der Waals surface area contributed by atoms with Gasteiger partial charge in [0, 0.05) is 32.6 Å². The maximum absolute atomic E-state index is 5.39. The largest absolute Gasteiger partial charge is 0.340 e. The molecule has 0 amide bonds. The number of benzene rings is 1. The summed E-state index contributed by atoms with van der Waals surface area (Å²) < 4.78 is 5.39. The van der Waals surface area contributed by atoms with Crippen LogP contribution >= 0.6 is 0 Å². The molecule has 1 saturated heterocycles. The van der Waals surface area contributed by atoms with E-state index in [0.717, 1.165) is 55.4 Å². The smallest absolute Gasteiger partial charge is 0.243 e. The van der Waals surface area contributed by atoms with E-state index in [2.05, 4.69) is 42.9 Å². The van der Waals surface area contributed by atoms with Gasteiger partial charge in [0.05, 0.1) is 17.1 Å². The van der Waals surface area contributed by atoms with Crippen molar-refractivity contribution in [2.24, 2.45) is 0 Å². The molecule has 1 atom stereocenters. The van der Waals surface area contributed by atoms with E-state index in [4.69, 9.17) is 4.52 Å². The number of hydrogen-bond donors (Lipinski definition) is 1. The van der Waals surface area contributed by atoms with E-state index in [1.807, 2.05) is 25.1 Å². The van der Waals surface area contributed by atoms with Crippen LogP contribution in [0.4, 0.5) is 5.95 Å². The van der Waals surface area contributed by atoms with Gasteiger partial charge >= 0.3 is 0 Å². The molecule has 0 bridgehead atoms. The van der Waals surface area contributed by atoms with E-state index in [0.29, 0.717) is 5.89 Å². The number of hydrogen-bond acceptors (Lipinski definition) is 6. The lowest BCUT2D eigenvalue weighted by Crippen LogP contribution is -2.47. The summed E-state index contributed by atoms with van der Waals surface area (Å²) in [5, 5.41) is 4.00. The summed E-state index contributed by atoms with van der Waals surface area (Å²) in [7, 11) is 0. The molecule has 24 heavy (non-hydrogen) atoms. The third-order valence-corrected chi connectivity index (χ3v) is 4.70. The number of nitrogens with zero attached hydrogens (tertiary/aromatic N) is 5. The molecule has 1 N–H and O–H groups in total. The lowest BCUT2D eigenvalue weighted by atomic mass is 10.2. The summed E-state index contributed by atoms with van der Waals surface area (Å²) in [4.78, 5) is 17.2. The van der Waals surface area contributed by atoms with Crippen molar-refractivity contribution in [1.82, 2.24) is 25.0 Å². The van der Waals surface area contributed by atoms with Gasteiger partial charge in [-0.25, -0.2) is 4.98 Å². The molecule has 1 unspecified atom stereocenters. The van der Waals surface area contributed by atoms with Crippen LogP contribution in [0.2, 0.25) is 0 Å². The van der Waals surface area contributed by atoms with Crippen molar-refractivity contribution in [3.05, 3.63) is 36.0 Å². The first kappa shape index (κ1) is 15.1. The topological polar surface area (TPSA) is 74.1 Å². The molecule has 7 nitrogen and oxygen atoms in total. The van der Waals surface area contributed by atoms with Crippen LogP contribution in [0.5, 0.6) is 0 Å². The first-order valence-electron chi connectivity index (χ1n) is 8.51. The highest BCUT2D eigenvalue weighted by Gasteiger charge is 2.26. The number of fused-ring (bicyclic) bond motifs is 1. The van der Waals surface area contributed by atoms with Crippen molar-refractivity contribution in [1.29, 1.82) is 0 Å². The van der Waals surface area contributed by atoms with Crippen LogP contribution in [0, 0.1) is 0 Å². The second kappa shape index (κ2) is 6.24. The number of piperazine rings is 1. The van der Waals surface area contributed by atoms with Crippen molar-refractivity contribution in [2.75, 3.05) is 31.1 Å². The summed E-state index contributed by atoms with van der Waals surface area (Å²) in [6, 6.07) is 8.29.